The Morgan fingerprint density at radius 3 is 2.58 bits per heavy atom. The molecule has 0 aliphatic rings. The minimum atomic E-state index is 0. The van der Waals surface area contributed by atoms with Crippen LogP contribution in [-0.4, -0.2) is 19.0 Å². The summed E-state index contributed by atoms with van der Waals surface area (Å²) in [6.07, 6.45) is 0. The molecule has 2 nitrogen and oxygen atoms in total. The molecular formula is C8H9LiN2S. The third-order valence-electron chi connectivity index (χ3n) is 1.31. The van der Waals surface area contributed by atoms with E-state index in [1.165, 1.54) is 0 Å². The van der Waals surface area contributed by atoms with E-state index in [0.29, 0.717) is 0 Å². The maximum atomic E-state index is 8.75. The molecule has 0 atom stereocenters. The Balaban J connectivity index is 0.00000121. The van der Waals surface area contributed by atoms with Crippen LogP contribution in [0.2, 0.25) is 0 Å². The minimum absolute atomic E-state index is 0. The van der Waals surface area contributed by atoms with E-state index in [1.807, 2.05) is 36.5 Å². The summed E-state index contributed by atoms with van der Waals surface area (Å²) in [6, 6.07) is 6.77. The van der Waals surface area contributed by atoms with Gasteiger partial charge in [-0.05, 0) is 25.5 Å². The second-order valence-corrected chi connectivity index (χ2v) is 3.28. The molecule has 1 aromatic heterocycles. The van der Waals surface area contributed by atoms with Gasteiger partial charge in [-0.3, -0.25) is 0 Å². The van der Waals surface area contributed by atoms with Gasteiger partial charge in [0.1, 0.15) is 0 Å². The molecule has 0 fully saturated rings. The fraction of sp³-hybridized carbons (Fsp3) is 0.250. The van der Waals surface area contributed by atoms with Gasteiger partial charge in [-0.15, -0.1) is 10.9 Å². The van der Waals surface area contributed by atoms with Gasteiger partial charge in [0.25, 0.3) is 0 Å². The molecule has 4 heteroatoms. The van der Waals surface area contributed by atoms with Crippen LogP contribution >= 0.6 is 11.3 Å². The van der Waals surface area contributed by atoms with Crippen LogP contribution in [0.25, 0.3) is 0 Å². The van der Waals surface area contributed by atoms with Crippen molar-refractivity contribution in [3.05, 3.63) is 28.4 Å². The van der Waals surface area contributed by atoms with Gasteiger partial charge in [-0.25, -0.2) is 5.26 Å². The van der Waals surface area contributed by atoms with Gasteiger partial charge in [0.05, 0.1) is 0 Å². The first-order chi connectivity index (χ1) is 5.25. The Hall–Kier alpha value is -0.383. The fourth-order valence-corrected chi connectivity index (χ4v) is 1.59. The number of thiophene rings is 1. The summed E-state index contributed by atoms with van der Waals surface area (Å²) < 4.78 is 0. The zero-order valence-corrected chi connectivity index (χ0v) is 8.35. The normalized spacial score (nSPS) is 8.83. The zero-order chi connectivity index (χ0) is 8.27. The van der Waals surface area contributed by atoms with Crippen molar-refractivity contribution in [2.45, 2.75) is 0 Å². The van der Waals surface area contributed by atoms with Crippen molar-refractivity contribution in [1.29, 1.82) is 5.26 Å². The van der Waals surface area contributed by atoms with Crippen LogP contribution in [0.3, 0.4) is 0 Å². The molecule has 0 spiro atoms. The maximum Gasteiger partial charge on any atom is 1.00 e. The Labute approximate surface area is 89.0 Å². The molecule has 0 aliphatic heterocycles. The van der Waals surface area contributed by atoms with Crippen molar-refractivity contribution in [2.24, 2.45) is 0 Å². The molecule has 1 rings (SSSR count). The molecule has 0 amide bonds. The minimum Gasteiger partial charge on any atom is -0.348 e. The van der Waals surface area contributed by atoms with Crippen LogP contribution in [-0.2, 0) is 0 Å². The van der Waals surface area contributed by atoms with Crippen molar-refractivity contribution in [3.63, 3.8) is 0 Å². The van der Waals surface area contributed by atoms with E-state index in [4.69, 9.17) is 5.26 Å². The predicted octanol–water partition coefficient (Wildman–Crippen LogP) is -1.28. The first-order valence-electron chi connectivity index (χ1n) is 3.24. The molecule has 0 saturated carbocycles. The second kappa shape index (κ2) is 5.30. The van der Waals surface area contributed by atoms with E-state index in [-0.39, 0.29) is 18.9 Å². The molecule has 0 bridgehead atoms. The Morgan fingerprint density at radius 1 is 1.58 bits per heavy atom. The second-order valence-electron chi connectivity index (χ2n) is 2.33. The molecule has 0 N–H and O–H groups in total. The first kappa shape index (κ1) is 11.6. The summed E-state index contributed by atoms with van der Waals surface area (Å²) in [6.45, 7) is 0. The van der Waals surface area contributed by atoms with Gasteiger partial charge in [-0.2, -0.15) is 17.4 Å². The Kier molecular flexibility index (Phi) is 5.13. The van der Waals surface area contributed by atoms with E-state index in [9.17, 15) is 0 Å². The molecule has 0 aromatic carbocycles. The molecule has 1 heterocycles. The topological polar surface area (TPSA) is 27.0 Å². The van der Waals surface area contributed by atoms with Gasteiger partial charge in [0, 0.05) is 6.07 Å². The molecule has 12 heavy (non-hydrogen) atoms. The fourth-order valence-electron chi connectivity index (χ4n) is 0.789. The first-order valence-corrected chi connectivity index (χ1v) is 4.12. The van der Waals surface area contributed by atoms with Crippen molar-refractivity contribution >= 4 is 11.3 Å². The third-order valence-corrected chi connectivity index (χ3v) is 2.18. The maximum absolute atomic E-state index is 8.75. The molecule has 1 aromatic rings. The van der Waals surface area contributed by atoms with Crippen LogP contribution in [0.5, 0.6) is 0 Å². The van der Waals surface area contributed by atoms with E-state index in [1.54, 1.807) is 11.3 Å². The van der Waals surface area contributed by atoms with Crippen LogP contribution in [0, 0.1) is 17.4 Å². The monoisotopic (exact) mass is 172 g/mol. The molecule has 0 aliphatic carbocycles. The number of hydrogen-bond donors (Lipinski definition) is 0. The molecular weight excluding hydrogens is 163 g/mol. The van der Waals surface area contributed by atoms with E-state index in [2.05, 4.69) is 6.07 Å². The SMILES string of the molecule is CN(C)[C-](C#N)c1cccs1.[Li+]. The summed E-state index contributed by atoms with van der Waals surface area (Å²) in [5, 5.41) is 10.7. The zero-order valence-electron chi connectivity index (χ0n) is 7.53. The van der Waals surface area contributed by atoms with Crippen molar-refractivity contribution in [3.8, 4) is 6.07 Å². The smallest absolute Gasteiger partial charge is 0.348 e. The number of hydrogen-bond acceptors (Lipinski definition) is 3. The number of nitrogens with zero attached hydrogens (tertiary/aromatic N) is 2. The van der Waals surface area contributed by atoms with Crippen LogP contribution in [0.15, 0.2) is 17.5 Å². The van der Waals surface area contributed by atoms with E-state index >= 15 is 0 Å². The number of nitriles is 1. The summed E-state index contributed by atoms with van der Waals surface area (Å²) in [5.74, 6) is 0. The summed E-state index contributed by atoms with van der Waals surface area (Å²) in [4.78, 5) is 2.85. The third kappa shape index (κ3) is 2.59. The van der Waals surface area contributed by atoms with Gasteiger partial charge in [0.15, 0.2) is 0 Å². The van der Waals surface area contributed by atoms with Gasteiger partial charge in [0.2, 0.25) is 0 Å². The van der Waals surface area contributed by atoms with E-state index < -0.39 is 0 Å². The van der Waals surface area contributed by atoms with Gasteiger partial charge in [-0.1, -0.05) is 0 Å². The predicted molar refractivity (Wildman–Crippen MR) is 46.0 cm³/mol. The van der Waals surface area contributed by atoms with Crippen LogP contribution in [0.4, 0.5) is 0 Å². The molecule has 58 valence electrons. The van der Waals surface area contributed by atoms with Crippen molar-refractivity contribution in [2.75, 3.05) is 14.1 Å². The average Bonchev–Trinajstić information content (AvgIpc) is 2.40. The summed E-state index contributed by atoms with van der Waals surface area (Å²) >= 11 is 1.58. The standard InChI is InChI=1S/C8H9N2S.Li/c1-10(2)7(6-9)8-4-3-5-11-8;/h3-5H,1-2H3;/q-1;+1. The van der Waals surface area contributed by atoms with E-state index in [0.717, 1.165) is 10.9 Å². The quantitative estimate of drug-likeness (QED) is 0.410. The Bertz CT molecular complexity index is 251. The molecule has 0 saturated heterocycles. The average molecular weight is 172 g/mol. The number of rotatable bonds is 2. The van der Waals surface area contributed by atoms with Gasteiger partial charge < -0.3 is 4.90 Å². The molecule has 0 unspecified atom stereocenters. The summed E-state index contributed by atoms with van der Waals surface area (Å²) in [5.41, 5.74) is 0. The summed E-state index contributed by atoms with van der Waals surface area (Å²) in [7, 11) is 3.75. The molecule has 0 radical (unpaired) electrons. The van der Waals surface area contributed by atoms with Crippen molar-refractivity contribution in [1.82, 2.24) is 4.90 Å². The Morgan fingerprint density at radius 2 is 2.25 bits per heavy atom. The van der Waals surface area contributed by atoms with Crippen LogP contribution in [0.1, 0.15) is 4.88 Å². The largest absolute Gasteiger partial charge is 1.00 e. The van der Waals surface area contributed by atoms with Gasteiger partial charge >= 0.3 is 18.9 Å². The van der Waals surface area contributed by atoms with Crippen molar-refractivity contribution < 1.29 is 18.9 Å². The van der Waals surface area contributed by atoms with Crippen LogP contribution < -0.4 is 18.9 Å².